The van der Waals surface area contributed by atoms with Gasteiger partial charge in [0, 0.05) is 24.8 Å². The fourth-order valence-corrected chi connectivity index (χ4v) is 7.81. The summed E-state index contributed by atoms with van der Waals surface area (Å²) in [6, 6.07) is 6.81. The summed E-state index contributed by atoms with van der Waals surface area (Å²) in [7, 11) is -3.67. The minimum Gasteiger partial charge on any atom is -0.444 e. The van der Waals surface area contributed by atoms with Gasteiger partial charge >= 0.3 is 6.09 Å². The van der Waals surface area contributed by atoms with Gasteiger partial charge in [0.05, 0.1) is 35.3 Å². The molecule has 2 fully saturated rings. The number of hydrazine groups is 1. The number of hydrogen-bond acceptors (Lipinski definition) is 8. The molecule has 5 rings (SSSR count). The van der Waals surface area contributed by atoms with Crippen molar-refractivity contribution in [3.8, 4) is 6.07 Å². The highest BCUT2D eigenvalue weighted by atomic mass is 32.2. The second-order valence-electron chi connectivity index (χ2n) is 13.1. The van der Waals surface area contributed by atoms with Crippen molar-refractivity contribution in [3.63, 3.8) is 0 Å². The number of sulfonamides is 1. The zero-order chi connectivity index (χ0) is 31.5. The van der Waals surface area contributed by atoms with Crippen molar-refractivity contribution in [3.05, 3.63) is 35.5 Å². The molecule has 3 atom stereocenters. The van der Waals surface area contributed by atoms with Crippen LogP contribution >= 0.6 is 0 Å². The predicted molar refractivity (Wildman–Crippen MR) is 156 cm³/mol. The van der Waals surface area contributed by atoms with Crippen molar-refractivity contribution in [1.82, 2.24) is 19.6 Å². The minimum atomic E-state index is -3.67. The molecule has 230 valence electrons. The van der Waals surface area contributed by atoms with E-state index in [-0.39, 0.29) is 43.2 Å². The maximum atomic E-state index is 16.2. The fraction of sp³-hybridized carbons (Fsp3) is 0.552. The molecule has 1 aromatic rings. The Bertz CT molecular complexity index is 1600. The number of likely N-dealkylation sites (tertiary alicyclic amines) is 1. The van der Waals surface area contributed by atoms with E-state index in [0.29, 0.717) is 16.9 Å². The number of fused-ring (bicyclic) bond motifs is 2. The number of rotatable bonds is 3. The molecule has 0 saturated carbocycles. The minimum absolute atomic E-state index is 0.0794. The Morgan fingerprint density at radius 3 is 2.63 bits per heavy atom. The summed E-state index contributed by atoms with van der Waals surface area (Å²) < 4.78 is 49.3. The second kappa shape index (κ2) is 10.4. The number of hydrogen-bond donors (Lipinski definition) is 1. The highest BCUT2D eigenvalue weighted by molar-refractivity contribution is 7.89. The maximum Gasteiger partial charge on any atom is 0.410 e. The zero-order valence-corrected chi connectivity index (χ0v) is 25.9. The molecule has 0 aliphatic carbocycles. The first kappa shape index (κ1) is 30.6. The van der Waals surface area contributed by atoms with Crippen LogP contribution in [-0.2, 0) is 26.1 Å². The summed E-state index contributed by atoms with van der Waals surface area (Å²) in [5.74, 6) is -1.30. The third-order valence-electron chi connectivity index (χ3n) is 7.93. The predicted octanol–water partition coefficient (Wildman–Crippen LogP) is 3.58. The zero-order valence-electron chi connectivity index (χ0n) is 25.1. The summed E-state index contributed by atoms with van der Waals surface area (Å²) in [5, 5.41) is 11.3. The number of piperidine rings is 1. The van der Waals surface area contributed by atoms with Gasteiger partial charge in [-0.05, 0) is 77.8 Å². The van der Waals surface area contributed by atoms with Crippen LogP contribution in [0, 0.1) is 17.2 Å². The summed E-state index contributed by atoms with van der Waals surface area (Å²) in [4.78, 5) is 35.8. The smallest absolute Gasteiger partial charge is 0.410 e. The average Bonchev–Trinajstić information content (AvgIpc) is 3.39. The average molecular weight is 614 g/mol. The van der Waals surface area contributed by atoms with Gasteiger partial charge in [-0.15, -0.1) is 0 Å². The van der Waals surface area contributed by atoms with Gasteiger partial charge in [0.25, 0.3) is 5.91 Å². The van der Waals surface area contributed by atoms with Crippen LogP contribution in [-0.4, -0.2) is 82.6 Å². The van der Waals surface area contributed by atoms with E-state index in [1.54, 1.807) is 39.0 Å². The normalized spacial score (nSPS) is 27.8. The number of amides is 2. The molecule has 1 unspecified atom stereocenters. The van der Waals surface area contributed by atoms with Crippen molar-refractivity contribution in [2.75, 3.05) is 13.1 Å². The molecule has 0 aromatic heterocycles. The molecular weight excluding hydrogens is 577 g/mol. The summed E-state index contributed by atoms with van der Waals surface area (Å²) in [6.45, 7) is 10.7. The number of dihydropyridines is 1. The van der Waals surface area contributed by atoms with Crippen LogP contribution in [0.1, 0.15) is 59.9 Å². The number of carbonyl (C=O) groups is 2. The van der Waals surface area contributed by atoms with E-state index < -0.39 is 50.8 Å². The number of nitrogens with zero attached hydrogens (tertiary/aromatic N) is 6. The highest BCUT2D eigenvalue weighted by Gasteiger charge is 2.55. The lowest BCUT2D eigenvalue weighted by atomic mass is 9.81. The first-order valence-electron chi connectivity index (χ1n) is 14.1. The monoisotopic (exact) mass is 613 g/mol. The quantitative estimate of drug-likeness (QED) is 0.544. The molecule has 0 spiro atoms. The number of nitriles is 1. The Kier molecular flexibility index (Phi) is 7.41. The highest BCUT2D eigenvalue weighted by Crippen LogP contribution is 2.42. The number of alkyl halides is 1. The van der Waals surface area contributed by atoms with E-state index in [0.717, 1.165) is 0 Å². The molecule has 12 nitrogen and oxygen atoms in total. The number of aliphatic imine (C=N–C) groups is 2. The largest absolute Gasteiger partial charge is 0.444 e. The van der Waals surface area contributed by atoms with Crippen LogP contribution in [0.25, 0.3) is 0 Å². The first-order chi connectivity index (χ1) is 20.0. The number of benzene rings is 1. The number of nitrogens with one attached hydrogen (secondary N) is 1. The molecule has 4 heterocycles. The Morgan fingerprint density at radius 1 is 1.28 bits per heavy atom. The summed E-state index contributed by atoms with van der Waals surface area (Å²) in [6.07, 6.45) is 0.448. The van der Waals surface area contributed by atoms with Crippen LogP contribution in [0.4, 0.5) is 14.9 Å². The van der Waals surface area contributed by atoms with Crippen molar-refractivity contribution in [1.29, 1.82) is 5.26 Å². The topological polar surface area (TPSA) is 148 Å². The van der Waals surface area contributed by atoms with E-state index in [4.69, 9.17) is 4.74 Å². The number of carbonyl (C=O) groups excluding carboxylic acids is 2. The molecule has 1 N–H and O–H groups in total. The lowest BCUT2D eigenvalue weighted by Crippen LogP contribution is -2.65. The summed E-state index contributed by atoms with van der Waals surface area (Å²) in [5.41, 5.74) is 1.68. The molecular formula is C29H36FN7O5S. The third-order valence-corrected chi connectivity index (χ3v) is 10.1. The van der Waals surface area contributed by atoms with Crippen LogP contribution < -0.4 is 5.43 Å². The van der Waals surface area contributed by atoms with Crippen molar-refractivity contribution < 1.29 is 27.1 Å². The Labute approximate surface area is 250 Å². The van der Waals surface area contributed by atoms with Crippen molar-refractivity contribution in [2.45, 2.75) is 88.7 Å². The van der Waals surface area contributed by atoms with Crippen LogP contribution in [0.5, 0.6) is 0 Å². The van der Waals surface area contributed by atoms with Crippen molar-refractivity contribution >= 4 is 39.8 Å². The lowest BCUT2D eigenvalue weighted by molar-refractivity contribution is -0.119. The first-order valence-corrected chi connectivity index (χ1v) is 15.5. The van der Waals surface area contributed by atoms with E-state index in [1.165, 1.54) is 26.5 Å². The van der Waals surface area contributed by atoms with Gasteiger partial charge in [-0.1, -0.05) is 0 Å². The third kappa shape index (κ3) is 5.40. The van der Waals surface area contributed by atoms with Gasteiger partial charge in [0.1, 0.15) is 29.1 Å². The van der Waals surface area contributed by atoms with Gasteiger partial charge in [-0.3, -0.25) is 15.2 Å². The Hall–Kier alpha value is -3.83. The molecule has 43 heavy (non-hydrogen) atoms. The molecule has 14 heteroatoms. The van der Waals surface area contributed by atoms with Crippen molar-refractivity contribution in [2.24, 2.45) is 15.9 Å². The lowest BCUT2D eigenvalue weighted by Gasteiger charge is -2.49. The second-order valence-corrected chi connectivity index (χ2v) is 15.0. The number of ether oxygens (including phenoxy) is 1. The molecule has 4 aliphatic heterocycles. The molecule has 2 saturated heterocycles. The standard InChI is InChI=1S/C29H36FN7O5S/c1-27(2,3)36-16-18-15-19(7-8-21(18)43(36,40)41)33-24-23-20(9-13-32-25(23)38)37(34-24)29(10-12-31)11-14-35(17-22(29)30)26(39)42-28(4,5)6/h7-9,13,15,22-23H,10-11,14,16-17H2,1-6H3,(H,33,34)/t22-,23?,29+/m1/s1. The maximum absolute atomic E-state index is 16.2. The molecule has 2 amide bonds. The SMILES string of the molecule is CC(C)(C)OC(=O)N1CC[C@](CC#N)(N2NC(=Nc3ccc4c(c3)CN(C(C)(C)C)S4(=O)=O)C3C(=O)N=CC=C32)[C@H](F)C1. The number of allylic oxidation sites excluding steroid dienone is 1. The van der Waals surface area contributed by atoms with Crippen LogP contribution in [0.15, 0.2) is 44.9 Å². The molecule has 0 bridgehead atoms. The van der Waals surface area contributed by atoms with Crippen LogP contribution in [0.3, 0.4) is 0 Å². The van der Waals surface area contributed by atoms with E-state index in [2.05, 4.69) is 21.5 Å². The van der Waals surface area contributed by atoms with Gasteiger partial charge in [0.15, 0.2) is 0 Å². The fourth-order valence-electron chi connectivity index (χ4n) is 5.85. The van der Waals surface area contributed by atoms with Gasteiger partial charge in [0.2, 0.25) is 10.0 Å². The molecule has 1 aromatic carbocycles. The Morgan fingerprint density at radius 2 is 2.00 bits per heavy atom. The molecule has 0 radical (unpaired) electrons. The number of halogens is 1. The van der Waals surface area contributed by atoms with Crippen LogP contribution in [0.2, 0.25) is 0 Å². The van der Waals surface area contributed by atoms with Gasteiger partial charge in [-0.2, -0.15) is 9.57 Å². The van der Waals surface area contributed by atoms with E-state index in [1.807, 2.05) is 20.8 Å². The van der Waals surface area contributed by atoms with Gasteiger partial charge < -0.3 is 9.64 Å². The van der Waals surface area contributed by atoms with Gasteiger partial charge in [-0.25, -0.2) is 27.6 Å². The summed E-state index contributed by atoms with van der Waals surface area (Å²) >= 11 is 0. The van der Waals surface area contributed by atoms with E-state index >= 15 is 4.39 Å². The van der Waals surface area contributed by atoms with E-state index in [9.17, 15) is 23.3 Å². The Balaban J connectivity index is 1.48. The number of amidine groups is 1. The molecule has 4 aliphatic rings.